The molecule has 9 heteroatoms. The molecular weight excluding hydrogens is 526 g/mol. The number of benzene rings is 3. The lowest BCUT2D eigenvalue weighted by Gasteiger charge is -2.22. The Kier molecular flexibility index (Phi) is 7.88. The Balaban J connectivity index is 1.85. The van der Waals surface area contributed by atoms with Gasteiger partial charge in [-0.2, -0.15) is 4.57 Å². The van der Waals surface area contributed by atoms with Gasteiger partial charge in [0.25, 0.3) is 0 Å². The van der Waals surface area contributed by atoms with E-state index in [1.165, 1.54) is 5.56 Å². The molecule has 0 saturated heterocycles. The standard InChI is InChI=1S/C32H36NO8/c1-34-24-15-19-9-10-33-22(21(19)17-25(24)35-2)14-20-16-28(38-5)31(40-7)32(41-8)29(20)23(33)11-18-12-26(36-3)30(39-6)27(13-18)37-4/h12-17H,9-11H2,1-8H3/q+1. The second kappa shape index (κ2) is 11.5. The number of ether oxygens (including phenoxy) is 8. The maximum absolute atomic E-state index is 6.00. The number of aryl methyl sites for hydroxylation is 1. The monoisotopic (exact) mass is 562 g/mol. The first-order chi connectivity index (χ1) is 20.0. The van der Waals surface area contributed by atoms with Crippen molar-refractivity contribution in [2.75, 3.05) is 56.9 Å². The van der Waals surface area contributed by atoms with Gasteiger partial charge in [-0.3, -0.25) is 0 Å². The van der Waals surface area contributed by atoms with Crippen LogP contribution in [-0.2, 0) is 19.4 Å². The minimum absolute atomic E-state index is 0.539. The minimum atomic E-state index is 0.539. The van der Waals surface area contributed by atoms with Crippen molar-refractivity contribution in [1.29, 1.82) is 0 Å². The Hall–Kier alpha value is -4.53. The maximum atomic E-state index is 6.00. The average Bonchev–Trinajstić information content (AvgIpc) is 3.01. The van der Waals surface area contributed by atoms with Gasteiger partial charge in [0.15, 0.2) is 46.7 Å². The molecule has 5 rings (SSSR count). The first-order valence-corrected chi connectivity index (χ1v) is 13.2. The quantitative estimate of drug-likeness (QED) is 0.250. The first kappa shape index (κ1) is 28.0. The molecule has 1 aliphatic rings. The van der Waals surface area contributed by atoms with Crippen molar-refractivity contribution < 1.29 is 42.5 Å². The van der Waals surface area contributed by atoms with E-state index in [0.717, 1.165) is 46.3 Å². The molecule has 0 aliphatic carbocycles. The fourth-order valence-electron chi connectivity index (χ4n) is 5.78. The van der Waals surface area contributed by atoms with Crippen molar-refractivity contribution in [3.05, 3.63) is 53.2 Å². The number of aromatic nitrogens is 1. The van der Waals surface area contributed by atoms with Crippen LogP contribution in [0.15, 0.2) is 36.4 Å². The molecule has 3 aromatic carbocycles. The Bertz CT molecular complexity index is 1590. The minimum Gasteiger partial charge on any atom is -0.493 e. The molecule has 0 saturated carbocycles. The Morgan fingerprint density at radius 3 is 1.68 bits per heavy atom. The molecule has 41 heavy (non-hydrogen) atoms. The molecule has 4 aromatic rings. The van der Waals surface area contributed by atoms with Gasteiger partial charge in [-0.25, -0.2) is 0 Å². The topological polar surface area (TPSA) is 77.7 Å². The molecule has 0 radical (unpaired) electrons. The highest BCUT2D eigenvalue weighted by molar-refractivity contribution is 5.96. The fraction of sp³-hybridized carbons (Fsp3) is 0.344. The Morgan fingerprint density at radius 2 is 1.12 bits per heavy atom. The van der Waals surface area contributed by atoms with Crippen LogP contribution in [0, 0.1) is 0 Å². The zero-order valence-electron chi connectivity index (χ0n) is 24.8. The summed E-state index contributed by atoms with van der Waals surface area (Å²) in [6.45, 7) is 0.755. The fourth-order valence-corrected chi connectivity index (χ4v) is 5.78. The number of methoxy groups -OCH3 is 8. The summed E-state index contributed by atoms with van der Waals surface area (Å²) in [5.41, 5.74) is 5.35. The van der Waals surface area contributed by atoms with Crippen LogP contribution in [0.1, 0.15) is 16.8 Å². The van der Waals surface area contributed by atoms with Crippen LogP contribution in [0.3, 0.4) is 0 Å². The van der Waals surface area contributed by atoms with Gasteiger partial charge < -0.3 is 37.9 Å². The van der Waals surface area contributed by atoms with E-state index < -0.39 is 0 Å². The predicted octanol–water partition coefficient (Wildman–Crippen LogP) is 5.01. The smallest absolute Gasteiger partial charge is 0.213 e. The summed E-state index contributed by atoms with van der Waals surface area (Å²) in [5.74, 6) is 4.86. The number of hydrogen-bond acceptors (Lipinski definition) is 8. The van der Waals surface area contributed by atoms with E-state index in [0.29, 0.717) is 52.4 Å². The van der Waals surface area contributed by atoms with Crippen molar-refractivity contribution in [1.82, 2.24) is 0 Å². The second-order valence-electron chi connectivity index (χ2n) is 9.56. The van der Waals surface area contributed by atoms with Gasteiger partial charge in [0, 0.05) is 17.9 Å². The van der Waals surface area contributed by atoms with E-state index in [2.05, 4.69) is 16.7 Å². The van der Waals surface area contributed by atoms with Crippen molar-refractivity contribution in [3.8, 4) is 57.3 Å². The van der Waals surface area contributed by atoms with E-state index >= 15 is 0 Å². The molecule has 2 heterocycles. The number of pyridine rings is 1. The number of nitrogens with zero attached hydrogens (tertiary/aromatic N) is 1. The molecule has 0 spiro atoms. The van der Waals surface area contributed by atoms with Gasteiger partial charge in [0.2, 0.25) is 17.2 Å². The lowest BCUT2D eigenvalue weighted by atomic mass is 9.92. The van der Waals surface area contributed by atoms with E-state index in [9.17, 15) is 0 Å². The first-order valence-electron chi connectivity index (χ1n) is 13.2. The van der Waals surface area contributed by atoms with Crippen LogP contribution in [0.2, 0.25) is 0 Å². The zero-order valence-corrected chi connectivity index (χ0v) is 24.8. The number of fused-ring (bicyclic) bond motifs is 4. The SMILES string of the molecule is COc1cc2c(cc1OC)-c1cc3cc(OC)c(OC)c(OC)c3c(Cc3cc(OC)c(OC)c(OC)c3)[n+]1CC2. The van der Waals surface area contributed by atoms with Crippen LogP contribution in [0.25, 0.3) is 22.0 Å². The van der Waals surface area contributed by atoms with Crippen LogP contribution < -0.4 is 42.5 Å². The zero-order chi connectivity index (χ0) is 29.3. The molecule has 0 bridgehead atoms. The largest absolute Gasteiger partial charge is 0.493 e. The molecule has 0 fully saturated rings. The van der Waals surface area contributed by atoms with Gasteiger partial charge >= 0.3 is 0 Å². The van der Waals surface area contributed by atoms with Gasteiger partial charge in [0.05, 0.1) is 74.2 Å². The summed E-state index contributed by atoms with van der Waals surface area (Å²) in [4.78, 5) is 0. The average molecular weight is 563 g/mol. The highest BCUT2D eigenvalue weighted by atomic mass is 16.5. The molecule has 9 nitrogen and oxygen atoms in total. The maximum Gasteiger partial charge on any atom is 0.213 e. The summed E-state index contributed by atoms with van der Waals surface area (Å²) < 4.78 is 48.0. The lowest BCUT2D eigenvalue weighted by molar-refractivity contribution is -0.693. The van der Waals surface area contributed by atoms with Gasteiger partial charge in [0.1, 0.15) is 0 Å². The van der Waals surface area contributed by atoms with Crippen molar-refractivity contribution >= 4 is 10.8 Å². The Morgan fingerprint density at radius 1 is 0.561 bits per heavy atom. The molecule has 0 unspecified atom stereocenters. The third-order valence-corrected chi connectivity index (χ3v) is 7.64. The van der Waals surface area contributed by atoms with Crippen LogP contribution in [-0.4, -0.2) is 56.9 Å². The van der Waals surface area contributed by atoms with Crippen molar-refractivity contribution in [2.45, 2.75) is 19.4 Å². The number of hydrogen-bond donors (Lipinski definition) is 0. The van der Waals surface area contributed by atoms with Gasteiger partial charge in [-0.15, -0.1) is 0 Å². The summed E-state index contributed by atoms with van der Waals surface area (Å²) in [7, 11) is 13.0. The molecule has 1 aromatic heterocycles. The molecule has 1 aliphatic heterocycles. The van der Waals surface area contributed by atoms with Gasteiger partial charge in [-0.05, 0) is 41.5 Å². The van der Waals surface area contributed by atoms with E-state index in [1.54, 1.807) is 56.9 Å². The summed E-state index contributed by atoms with van der Waals surface area (Å²) >= 11 is 0. The summed E-state index contributed by atoms with van der Waals surface area (Å²) in [5, 5.41) is 1.89. The number of rotatable bonds is 10. The second-order valence-corrected chi connectivity index (χ2v) is 9.56. The third-order valence-electron chi connectivity index (χ3n) is 7.64. The summed E-state index contributed by atoms with van der Waals surface area (Å²) in [6.07, 6.45) is 1.37. The highest BCUT2D eigenvalue weighted by Gasteiger charge is 2.33. The van der Waals surface area contributed by atoms with Gasteiger partial charge in [-0.1, -0.05) is 0 Å². The summed E-state index contributed by atoms with van der Waals surface area (Å²) in [6, 6.07) is 12.2. The normalized spacial score (nSPS) is 11.8. The van der Waals surface area contributed by atoms with E-state index in [1.807, 2.05) is 24.3 Å². The lowest BCUT2D eigenvalue weighted by Crippen LogP contribution is -2.44. The van der Waals surface area contributed by atoms with E-state index in [4.69, 9.17) is 37.9 Å². The third kappa shape index (κ3) is 4.65. The van der Waals surface area contributed by atoms with Crippen LogP contribution >= 0.6 is 0 Å². The molecule has 0 N–H and O–H groups in total. The predicted molar refractivity (Wildman–Crippen MR) is 155 cm³/mol. The Labute approximate surface area is 240 Å². The van der Waals surface area contributed by atoms with Crippen LogP contribution in [0.5, 0.6) is 46.0 Å². The molecule has 0 atom stereocenters. The molecular formula is C32H36NO8+. The molecule has 0 amide bonds. The highest BCUT2D eigenvalue weighted by Crippen LogP contribution is 2.47. The van der Waals surface area contributed by atoms with Crippen molar-refractivity contribution in [2.24, 2.45) is 0 Å². The molecule has 216 valence electrons. The van der Waals surface area contributed by atoms with E-state index in [-0.39, 0.29) is 0 Å². The van der Waals surface area contributed by atoms with Crippen LogP contribution in [0.4, 0.5) is 0 Å². The van der Waals surface area contributed by atoms with Crippen molar-refractivity contribution in [3.63, 3.8) is 0 Å².